The van der Waals surface area contributed by atoms with E-state index in [-0.39, 0.29) is 6.03 Å². The van der Waals surface area contributed by atoms with E-state index in [0.29, 0.717) is 5.41 Å². The van der Waals surface area contributed by atoms with Gasteiger partial charge in [0, 0.05) is 20.6 Å². The van der Waals surface area contributed by atoms with E-state index in [1.54, 1.807) is 19.0 Å². The van der Waals surface area contributed by atoms with Crippen LogP contribution in [0.1, 0.15) is 32.6 Å². The Hall–Kier alpha value is -0.730. The van der Waals surface area contributed by atoms with Gasteiger partial charge in [0.05, 0.1) is 0 Å². The predicted octanol–water partition coefficient (Wildman–Crippen LogP) is 1.84. The molecule has 0 radical (unpaired) electrons. The monoisotopic (exact) mass is 184 g/mol. The first-order valence-electron chi connectivity index (χ1n) is 5.05. The summed E-state index contributed by atoms with van der Waals surface area (Å²) in [4.78, 5) is 12.8. The van der Waals surface area contributed by atoms with E-state index in [2.05, 4.69) is 12.2 Å². The topological polar surface area (TPSA) is 32.3 Å². The Morgan fingerprint density at radius 3 is 2.38 bits per heavy atom. The Morgan fingerprint density at radius 1 is 1.46 bits per heavy atom. The first-order chi connectivity index (χ1) is 6.09. The van der Waals surface area contributed by atoms with Crippen molar-refractivity contribution < 1.29 is 4.79 Å². The minimum Gasteiger partial charge on any atom is -0.337 e. The zero-order valence-corrected chi connectivity index (χ0v) is 8.89. The van der Waals surface area contributed by atoms with E-state index in [4.69, 9.17) is 0 Å². The zero-order chi connectivity index (χ0) is 9.90. The SMILES string of the molecule is CCC1(CNC(=O)N(C)C)CCC1. The lowest BCUT2D eigenvalue weighted by molar-refractivity contribution is 0.123. The van der Waals surface area contributed by atoms with Crippen LogP contribution >= 0.6 is 0 Å². The number of rotatable bonds is 3. The van der Waals surface area contributed by atoms with Crippen LogP contribution in [0.15, 0.2) is 0 Å². The van der Waals surface area contributed by atoms with Crippen molar-refractivity contribution in [3.8, 4) is 0 Å². The molecule has 1 rings (SSSR count). The molecular weight excluding hydrogens is 164 g/mol. The van der Waals surface area contributed by atoms with E-state index in [1.165, 1.54) is 25.7 Å². The second-order valence-corrected chi connectivity index (χ2v) is 4.26. The number of carbonyl (C=O) groups excluding carboxylic acids is 1. The fraction of sp³-hybridized carbons (Fsp3) is 0.900. The molecule has 1 fully saturated rings. The van der Waals surface area contributed by atoms with Gasteiger partial charge in [-0.05, 0) is 24.7 Å². The molecule has 0 heterocycles. The van der Waals surface area contributed by atoms with Gasteiger partial charge >= 0.3 is 6.03 Å². The minimum absolute atomic E-state index is 0.0275. The van der Waals surface area contributed by atoms with E-state index in [9.17, 15) is 4.79 Å². The third-order valence-corrected chi connectivity index (χ3v) is 3.19. The maximum absolute atomic E-state index is 11.3. The molecule has 0 aromatic heterocycles. The van der Waals surface area contributed by atoms with Crippen LogP contribution in [-0.4, -0.2) is 31.6 Å². The van der Waals surface area contributed by atoms with Crippen LogP contribution in [-0.2, 0) is 0 Å². The summed E-state index contributed by atoms with van der Waals surface area (Å²) >= 11 is 0. The Balaban J connectivity index is 2.28. The molecule has 1 aliphatic rings. The first-order valence-corrected chi connectivity index (χ1v) is 5.05. The molecule has 0 spiro atoms. The van der Waals surface area contributed by atoms with Crippen molar-refractivity contribution in [2.24, 2.45) is 5.41 Å². The van der Waals surface area contributed by atoms with Gasteiger partial charge in [0.2, 0.25) is 0 Å². The number of amides is 2. The quantitative estimate of drug-likeness (QED) is 0.713. The summed E-state index contributed by atoms with van der Waals surface area (Å²) in [7, 11) is 3.55. The van der Waals surface area contributed by atoms with Crippen LogP contribution < -0.4 is 5.32 Å². The molecule has 1 aliphatic carbocycles. The van der Waals surface area contributed by atoms with E-state index < -0.39 is 0 Å². The van der Waals surface area contributed by atoms with Gasteiger partial charge in [-0.3, -0.25) is 0 Å². The van der Waals surface area contributed by atoms with Gasteiger partial charge < -0.3 is 10.2 Å². The summed E-state index contributed by atoms with van der Waals surface area (Å²) in [5.74, 6) is 0. The third-order valence-electron chi connectivity index (χ3n) is 3.19. The Labute approximate surface area is 80.5 Å². The van der Waals surface area contributed by atoms with E-state index in [1.807, 2.05) is 0 Å². The Kier molecular flexibility index (Phi) is 3.17. The van der Waals surface area contributed by atoms with Gasteiger partial charge in [-0.1, -0.05) is 13.3 Å². The van der Waals surface area contributed by atoms with Crippen LogP contribution in [0.2, 0.25) is 0 Å². The third kappa shape index (κ3) is 2.36. The highest BCUT2D eigenvalue weighted by molar-refractivity contribution is 5.73. The lowest BCUT2D eigenvalue weighted by Crippen LogP contribution is -2.44. The van der Waals surface area contributed by atoms with Crippen LogP contribution in [0.3, 0.4) is 0 Å². The van der Waals surface area contributed by atoms with Crippen molar-refractivity contribution in [1.29, 1.82) is 0 Å². The number of hydrogen-bond acceptors (Lipinski definition) is 1. The largest absolute Gasteiger partial charge is 0.337 e. The summed E-state index contributed by atoms with van der Waals surface area (Å²) in [6.07, 6.45) is 5.06. The van der Waals surface area contributed by atoms with Crippen LogP contribution in [0.5, 0.6) is 0 Å². The number of nitrogens with zero attached hydrogens (tertiary/aromatic N) is 1. The molecule has 0 aromatic carbocycles. The number of urea groups is 1. The maximum Gasteiger partial charge on any atom is 0.316 e. The molecular formula is C10H20N2O. The predicted molar refractivity (Wildman–Crippen MR) is 53.7 cm³/mol. The fourth-order valence-electron chi connectivity index (χ4n) is 1.75. The summed E-state index contributed by atoms with van der Waals surface area (Å²) < 4.78 is 0. The van der Waals surface area contributed by atoms with Gasteiger partial charge in [0.1, 0.15) is 0 Å². The fourth-order valence-corrected chi connectivity index (χ4v) is 1.75. The van der Waals surface area contributed by atoms with E-state index >= 15 is 0 Å². The molecule has 3 nitrogen and oxygen atoms in total. The second-order valence-electron chi connectivity index (χ2n) is 4.26. The van der Waals surface area contributed by atoms with Crippen molar-refractivity contribution >= 4 is 6.03 Å². The van der Waals surface area contributed by atoms with Gasteiger partial charge in [0.25, 0.3) is 0 Å². The normalized spacial score (nSPS) is 19.0. The van der Waals surface area contributed by atoms with Crippen LogP contribution in [0, 0.1) is 5.41 Å². The molecule has 0 unspecified atom stereocenters. The summed E-state index contributed by atoms with van der Waals surface area (Å²) in [6.45, 7) is 3.06. The lowest BCUT2D eigenvalue weighted by Gasteiger charge is -2.41. The zero-order valence-electron chi connectivity index (χ0n) is 8.89. The average Bonchev–Trinajstić information content (AvgIpc) is 2.02. The molecule has 0 atom stereocenters. The highest BCUT2D eigenvalue weighted by Gasteiger charge is 2.35. The Morgan fingerprint density at radius 2 is 2.08 bits per heavy atom. The number of hydrogen-bond donors (Lipinski definition) is 1. The molecule has 2 amide bonds. The molecule has 13 heavy (non-hydrogen) atoms. The highest BCUT2D eigenvalue weighted by Crippen LogP contribution is 2.42. The highest BCUT2D eigenvalue weighted by atomic mass is 16.2. The lowest BCUT2D eigenvalue weighted by atomic mass is 9.67. The average molecular weight is 184 g/mol. The van der Waals surface area contributed by atoms with Crippen molar-refractivity contribution in [2.75, 3.05) is 20.6 Å². The molecule has 0 saturated heterocycles. The summed E-state index contributed by atoms with van der Waals surface area (Å²) in [5.41, 5.74) is 0.422. The number of nitrogens with one attached hydrogen (secondary N) is 1. The van der Waals surface area contributed by atoms with Crippen molar-refractivity contribution in [3.63, 3.8) is 0 Å². The molecule has 0 aromatic rings. The van der Waals surface area contributed by atoms with Crippen molar-refractivity contribution in [2.45, 2.75) is 32.6 Å². The summed E-state index contributed by atoms with van der Waals surface area (Å²) in [6, 6.07) is 0.0275. The Bertz CT molecular complexity index is 180. The molecule has 0 bridgehead atoms. The maximum atomic E-state index is 11.3. The van der Waals surface area contributed by atoms with E-state index in [0.717, 1.165) is 6.54 Å². The molecule has 1 N–H and O–H groups in total. The van der Waals surface area contributed by atoms with Gasteiger partial charge in [0.15, 0.2) is 0 Å². The molecule has 1 saturated carbocycles. The second kappa shape index (κ2) is 3.99. The van der Waals surface area contributed by atoms with Crippen molar-refractivity contribution in [1.82, 2.24) is 10.2 Å². The van der Waals surface area contributed by atoms with Gasteiger partial charge in [-0.25, -0.2) is 4.79 Å². The van der Waals surface area contributed by atoms with Crippen LogP contribution in [0.25, 0.3) is 0 Å². The van der Waals surface area contributed by atoms with Gasteiger partial charge in [-0.2, -0.15) is 0 Å². The molecule has 0 aliphatic heterocycles. The minimum atomic E-state index is 0.0275. The first kappa shape index (κ1) is 10.4. The molecule has 3 heteroatoms. The number of carbonyl (C=O) groups is 1. The van der Waals surface area contributed by atoms with Crippen LogP contribution in [0.4, 0.5) is 4.79 Å². The summed E-state index contributed by atoms with van der Waals surface area (Å²) in [5, 5.41) is 2.96. The van der Waals surface area contributed by atoms with Crippen molar-refractivity contribution in [3.05, 3.63) is 0 Å². The van der Waals surface area contributed by atoms with Gasteiger partial charge in [-0.15, -0.1) is 0 Å². The molecule has 76 valence electrons. The smallest absolute Gasteiger partial charge is 0.316 e. The standard InChI is InChI=1S/C10H20N2O/c1-4-10(6-5-7-10)8-11-9(13)12(2)3/h4-8H2,1-3H3,(H,11,13).